The molecule has 1 amide bonds. The lowest BCUT2D eigenvalue weighted by molar-refractivity contribution is 0.0344. The minimum atomic E-state index is -3.52. The molecule has 2 atom stereocenters. The maximum atomic E-state index is 15.0. The van der Waals surface area contributed by atoms with E-state index in [9.17, 15) is 22.0 Å². The van der Waals surface area contributed by atoms with Crippen molar-refractivity contribution in [1.29, 1.82) is 0 Å². The first kappa shape index (κ1) is 24.2. The minimum absolute atomic E-state index is 0.0109. The second-order valence-electron chi connectivity index (χ2n) is 8.82. The van der Waals surface area contributed by atoms with E-state index in [-0.39, 0.29) is 18.9 Å². The van der Waals surface area contributed by atoms with Crippen molar-refractivity contribution in [1.82, 2.24) is 14.7 Å². The lowest BCUT2D eigenvalue weighted by Crippen LogP contribution is -2.50. The van der Waals surface area contributed by atoms with Gasteiger partial charge in [-0.15, -0.1) is 5.10 Å². The number of piperidine rings is 2. The van der Waals surface area contributed by atoms with E-state index in [1.807, 2.05) is 19.1 Å². The van der Waals surface area contributed by atoms with Crippen molar-refractivity contribution in [2.75, 3.05) is 42.1 Å². The van der Waals surface area contributed by atoms with Crippen LogP contribution in [-0.2, 0) is 10.0 Å². The van der Waals surface area contributed by atoms with Gasteiger partial charge < -0.3 is 14.5 Å². The molecule has 186 valence electrons. The SMILES string of the molecule is Cc1ccc(O[C@H]2CCN(C(=O)n3ccc(NS(C)(=O)=O)n3)C[C@H]2F)cc1N1CCC(F)CC1. The van der Waals surface area contributed by atoms with Crippen molar-refractivity contribution in [3.8, 4) is 5.75 Å². The fraction of sp³-hybridized carbons (Fsp3) is 0.545. The number of hydrogen-bond donors (Lipinski definition) is 1. The third-order valence-corrected chi connectivity index (χ3v) is 6.64. The number of rotatable bonds is 5. The maximum Gasteiger partial charge on any atom is 0.344 e. The monoisotopic (exact) mass is 497 g/mol. The van der Waals surface area contributed by atoms with Gasteiger partial charge >= 0.3 is 6.03 Å². The topological polar surface area (TPSA) is 96.8 Å². The molecule has 0 unspecified atom stereocenters. The zero-order chi connectivity index (χ0) is 24.5. The summed E-state index contributed by atoms with van der Waals surface area (Å²) in [6, 6.07) is 6.39. The molecule has 2 aromatic rings. The van der Waals surface area contributed by atoms with Gasteiger partial charge in [-0.05, 0) is 31.4 Å². The largest absolute Gasteiger partial charge is 0.487 e. The molecule has 1 N–H and O–H groups in total. The van der Waals surface area contributed by atoms with Gasteiger partial charge in [-0.25, -0.2) is 22.0 Å². The third-order valence-electron chi connectivity index (χ3n) is 6.06. The van der Waals surface area contributed by atoms with Crippen LogP contribution < -0.4 is 14.4 Å². The predicted octanol–water partition coefficient (Wildman–Crippen LogP) is 2.96. The van der Waals surface area contributed by atoms with Gasteiger partial charge in [-0.1, -0.05) is 6.07 Å². The van der Waals surface area contributed by atoms with E-state index in [2.05, 4.69) is 14.7 Å². The normalized spacial score (nSPS) is 22.0. The first-order chi connectivity index (χ1) is 16.1. The molecule has 34 heavy (non-hydrogen) atoms. The Morgan fingerprint density at radius 1 is 1.15 bits per heavy atom. The van der Waals surface area contributed by atoms with Gasteiger partial charge in [0, 0.05) is 50.1 Å². The number of amides is 1. The smallest absolute Gasteiger partial charge is 0.344 e. The lowest BCUT2D eigenvalue weighted by atomic mass is 10.1. The zero-order valence-corrected chi connectivity index (χ0v) is 20.0. The summed E-state index contributed by atoms with van der Waals surface area (Å²) in [4.78, 5) is 16.1. The molecule has 3 heterocycles. The van der Waals surface area contributed by atoms with Crippen LogP contribution in [0.4, 0.5) is 25.1 Å². The molecule has 2 saturated heterocycles. The van der Waals surface area contributed by atoms with Crippen molar-refractivity contribution < 1.29 is 26.7 Å². The van der Waals surface area contributed by atoms with Crippen molar-refractivity contribution in [3.05, 3.63) is 36.0 Å². The Morgan fingerprint density at radius 2 is 1.88 bits per heavy atom. The van der Waals surface area contributed by atoms with E-state index < -0.39 is 34.5 Å². The Kier molecular flexibility index (Phi) is 6.96. The molecule has 12 heteroatoms. The van der Waals surface area contributed by atoms with E-state index in [0.29, 0.717) is 38.1 Å². The minimum Gasteiger partial charge on any atom is -0.487 e. The van der Waals surface area contributed by atoms with Crippen LogP contribution in [-0.4, -0.2) is 80.0 Å². The zero-order valence-electron chi connectivity index (χ0n) is 19.2. The Labute approximate surface area is 197 Å². The molecule has 9 nitrogen and oxygen atoms in total. The molecule has 0 spiro atoms. The maximum absolute atomic E-state index is 15.0. The first-order valence-electron chi connectivity index (χ1n) is 11.2. The number of likely N-dealkylation sites (tertiary alicyclic amines) is 1. The molecule has 0 radical (unpaired) electrons. The molecule has 2 fully saturated rings. The highest BCUT2D eigenvalue weighted by atomic mass is 32.2. The predicted molar refractivity (Wildman–Crippen MR) is 125 cm³/mol. The number of benzene rings is 1. The number of ether oxygens (including phenoxy) is 1. The third kappa shape index (κ3) is 5.78. The number of alkyl halides is 2. The van der Waals surface area contributed by atoms with Crippen molar-refractivity contribution in [2.45, 2.75) is 44.6 Å². The number of hydrogen-bond acceptors (Lipinski definition) is 6. The molecule has 2 aliphatic heterocycles. The standard InChI is InChI=1S/C22H29F2N5O4S/c1-15-3-4-17(13-19(15)27-9-5-16(23)6-10-27)33-20-7-11-28(14-18(20)24)22(30)29-12-8-21(25-29)26-34(2,31)32/h3-4,8,12-13,16,18,20H,5-7,9-11,14H2,1-2H3,(H,25,26)/t18-,20+/m1/s1. The van der Waals surface area contributed by atoms with Gasteiger partial charge in [0.2, 0.25) is 10.0 Å². The molecular weight excluding hydrogens is 468 g/mol. The van der Waals surface area contributed by atoms with Crippen LogP contribution in [0.2, 0.25) is 0 Å². The summed E-state index contributed by atoms with van der Waals surface area (Å²) in [5, 5.41) is 3.90. The van der Waals surface area contributed by atoms with Gasteiger partial charge in [0.05, 0.1) is 12.8 Å². The molecule has 0 saturated carbocycles. The molecule has 2 aliphatic rings. The van der Waals surface area contributed by atoms with Crippen LogP contribution in [0.3, 0.4) is 0 Å². The average Bonchev–Trinajstić information content (AvgIpc) is 3.23. The lowest BCUT2D eigenvalue weighted by Gasteiger charge is -2.35. The van der Waals surface area contributed by atoms with Crippen LogP contribution in [0.25, 0.3) is 0 Å². The van der Waals surface area contributed by atoms with E-state index in [1.165, 1.54) is 17.2 Å². The number of aryl methyl sites for hydroxylation is 1. The van der Waals surface area contributed by atoms with Crippen molar-refractivity contribution >= 4 is 27.6 Å². The van der Waals surface area contributed by atoms with Crippen LogP contribution >= 0.6 is 0 Å². The fourth-order valence-corrected chi connectivity index (χ4v) is 4.77. The Bertz CT molecular complexity index is 1130. The molecule has 4 rings (SSSR count). The number of aromatic nitrogens is 2. The number of carbonyl (C=O) groups is 1. The first-order valence-corrected chi connectivity index (χ1v) is 13.1. The summed E-state index contributed by atoms with van der Waals surface area (Å²) in [6.45, 7) is 3.34. The van der Waals surface area contributed by atoms with Gasteiger partial charge in [0.1, 0.15) is 18.0 Å². The van der Waals surface area contributed by atoms with Gasteiger partial charge in [0.25, 0.3) is 0 Å². The number of carbonyl (C=O) groups excluding carboxylic acids is 1. The van der Waals surface area contributed by atoms with Gasteiger partial charge in [-0.3, -0.25) is 4.72 Å². The van der Waals surface area contributed by atoms with E-state index in [4.69, 9.17) is 4.74 Å². The van der Waals surface area contributed by atoms with Crippen molar-refractivity contribution in [2.24, 2.45) is 0 Å². The molecule has 1 aromatic carbocycles. The highest BCUT2D eigenvalue weighted by molar-refractivity contribution is 7.92. The summed E-state index contributed by atoms with van der Waals surface area (Å²) in [5.74, 6) is 0.552. The Morgan fingerprint density at radius 3 is 2.56 bits per heavy atom. The summed E-state index contributed by atoms with van der Waals surface area (Å²) in [5.41, 5.74) is 2.01. The van der Waals surface area contributed by atoms with Crippen molar-refractivity contribution in [3.63, 3.8) is 0 Å². The number of halogens is 2. The highest BCUT2D eigenvalue weighted by Gasteiger charge is 2.34. The summed E-state index contributed by atoms with van der Waals surface area (Å²) >= 11 is 0. The van der Waals surface area contributed by atoms with E-state index >= 15 is 0 Å². The Balaban J connectivity index is 1.37. The van der Waals surface area contributed by atoms with Gasteiger partial charge in [-0.2, -0.15) is 4.68 Å². The summed E-state index contributed by atoms with van der Waals surface area (Å²) in [7, 11) is -3.52. The summed E-state index contributed by atoms with van der Waals surface area (Å²) < 4.78 is 60.2. The number of sulfonamides is 1. The Hall–Kier alpha value is -2.89. The quantitative estimate of drug-likeness (QED) is 0.682. The van der Waals surface area contributed by atoms with Crippen LogP contribution in [0, 0.1) is 6.92 Å². The van der Waals surface area contributed by atoms with Crippen LogP contribution in [0.5, 0.6) is 5.75 Å². The molecule has 0 aliphatic carbocycles. The molecule has 1 aromatic heterocycles. The average molecular weight is 498 g/mol. The van der Waals surface area contributed by atoms with Crippen LogP contribution in [0.1, 0.15) is 24.8 Å². The molecular formula is C22H29F2N5O4S. The highest BCUT2D eigenvalue weighted by Crippen LogP contribution is 2.30. The number of nitrogens with one attached hydrogen (secondary N) is 1. The van der Waals surface area contributed by atoms with E-state index in [1.54, 1.807) is 6.07 Å². The summed E-state index contributed by atoms with van der Waals surface area (Å²) in [6.07, 6.45) is 0.696. The second kappa shape index (κ2) is 9.77. The fourth-order valence-electron chi connectivity index (χ4n) is 4.28. The van der Waals surface area contributed by atoms with Crippen LogP contribution in [0.15, 0.2) is 30.5 Å². The second-order valence-corrected chi connectivity index (χ2v) is 10.6. The van der Waals surface area contributed by atoms with E-state index in [0.717, 1.165) is 22.2 Å². The number of anilines is 2. The van der Waals surface area contributed by atoms with Gasteiger partial charge in [0.15, 0.2) is 12.0 Å². The number of nitrogens with zero attached hydrogens (tertiary/aromatic N) is 4. The molecule has 0 bridgehead atoms.